The molecule has 1 aliphatic heterocycles. The van der Waals surface area contributed by atoms with Crippen molar-refractivity contribution in [3.63, 3.8) is 0 Å². The molecule has 20 heavy (non-hydrogen) atoms. The molecule has 7 heteroatoms. The van der Waals surface area contributed by atoms with Gasteiger partial charge < -0.3 is 9.90 Å². The van der Waals surface area contributed by atoms with Crippen LogP contribution in [0, 0.1) is 0 Å². The molecule has 110 valence electrons. The predicted octanol–water partition coefficient (Wildman–Crippen LogP) is 1.37. The van der Waals surface area contributed by atoms with E-state index in [-0.39, 0.29) is 19.5 Å². The number of nitrogens with zero attached hydrogens (tertiary/aromatic N) is 1. The fourth-order valence-corrected chi connectivity index (χ4v) is 2.35. The molecule has 0 aliphatic carbocycles. The number of carbonyl (C=O) groups excluding carboxylic acids is 1. The minimum absolute atomic E-state index is 0.0526. The maximum absolute atomic E-state index is 13.2. The summed E-state index contributed by atoms with van der Waals surface area (Å²) in [5.74, 6) is -1.41. The summed E-state index contributed by atoms with van der Waals surface area (Å²) in [5, 5.41) is 10.9. The van der Waals surface area contributed by atoms with Gasteiger partial charge in [-0.25, -0.2) is 4.39 Å². The number of likely N-dealkylation sites (tertiary alicyclic amines) is 1. The second-order valence-electron chi connectivity index (χ2n) is 4.80. The number of aliphatic carboxylic acids is 1. The molecule has 1 aromatic rings. The highest BCUT2D eigenvalue weighted by molar-refractivity contribution is 5.71. The zero-order chi connectivity index (χ0) is 14.9. The van der Waals surface area contributed by atoms with E-state index in [1.807, 2.05) is 0 Å². The number of alkyl halides is 4. The summed E-state index contributed by atoms with van der Waals surface area (Å²) in [7, 11) is 0. The first-order chi connectivity index (χ1) is 9.27. The van der Waals surface area contributed by atoms with Crippen molar-refractivity contribution < 1.29 is 27.5 Å². The highest BCUT2D eigenvalue weighted by Crippen LogP contribution is 2.30. The standard InChI is InChI=1S/C13H13F4NO2/c14-10-5-11(12(19)20)18(7-10)6-8-2-1-3-9(4-8)13(15,16)17/h1-4,10-11H,5-7H2,(H,19,20)/p-1/t10-,11+/m0/s1. The van der Waals surface area contributed by atoms with Gasteiger partial charge in [-0.3, -0.25) is 4.90 Å². The van der Waals surface area contributed by atoms with Crippen LogP contribution >= 0.6 is 0 Å². The van der Waals surface area contributed by atoms with Crippen LogP contribution in [0.1, 0.15) is 17.5 Å². The van der Waals surface area contributed by atoms with Gasteiger partial charge in [0, 0.05) is 19.5 Å². The van der Waals surface area contributed by atoms with E-state index in [1.54, 1.807) is 0 Å². The van der Waals surface area contributed by atoms with Gasteiger partial charge in [0.05, 0.1) is 17.6 Å². The largest absolute Gasteiger partial charge is 0.548 e. The number of rotatable bonds is 3. The van der Waals surface area contributed by atoms with E-state index in [0.29, 0.717) is 5.56 Å². The third-order valence-electron chi connectivity index (χ3n) is 3.26. The summed E-state index contributed by atoms with van der Waals surface area (Å²) in [5.41, 5.74) is -0.517. The number of benzene rings is 1. The van der Waals surface area contributed by atoms with Crippen molar-refractivity contribution in [2.45, 2.75) is 31.4 Å². The van der Waals surface area contributed by atoms with E-state index in [4.69, 9.17) is 0 Å². The SMILES string of the molecule is O=C([O-])[C@H]1C[C@H](F)CN1Cc1cccc(C(F)(F)F)c1. The van der Waals surface area contributed by atoms with Crippen molar-refractivity contribution in [2.24, 2.45) is 0 Å². The highest BCUT2D eigenvalue weighted by Gasteiger charge is 2.34. The van der Waals surface area contributed by atoms with Gasteiger partial charge in [-0.2, -0.15) is 13.2 Å². The molecule has 0 N–H and O–H groups in total. The van der Waals surface area contributed by atoms with Gasteiger partial charge in [0.1, 0.15) is 6.17 Å². The van der Waals surface area contributed by atoms with Crippen LogP contribution in [-0.2, 0) is 17.5 Å². The lowest BCUT2D eigenvalue weighted by Gasteiger charge is -2.24. The van der Waals surface area contributed by atoms with Crippen LogP contribution in [0.4, 0.5) is 17.6 Å². The first kappa shape index (κ1) is 14.8. The van der Waals surface area contributed by atoms with Crippen molar-refractivity contribution in [2.75, 3.05) is 6.54 Å². The Morgan fingerprint density at radius 1 is 1.40 bits per heavy atom. The highest BCUT2D eigenvalue weighted by atomic mass is 19.4. The molecule has 0 unspecified atom stereocenters. The van der Waals surface area contributed by atoms with Gasteiger partial charge in [-0.15, -0.1) is 0 Å². The Labute approximate surface area is 112 Å². The summed E-state index contributed by atoms with van der Waals surface area (Å²) < 4.78 is 51.0. The Bertz CT molecular complexity index is 503. The Morgan fingerprint density at radius 2 is 2.10 bits per heavy atom. The van der Waals surface area contributed by atoms with Gasteiger partial charge in [0.2, 0.25) is 0 Å². The zero-order valence-electron chi connectivity index (χ0n) is 10.4. The van der Waals surface area contributed by atoms with Gasteiger partial charge in [0.15, 0.2) is 0 Å². The number of carboxylic acid groups (broad SMARTS) is 1. The Balaban J connectivity index is 2.15. The van der Waals surface area contributed by atoms with Crippen LogP contribution in [0.5, 0.6) is 0 Å². The molecular weight excluding hydrogens is 278 g/mol. The van der Waals surface area contributed by atoms with Crippen LogP contribution in [-0.4, -0.2) is 29.6 Å². The van der Waals surface area contributed by atoms with Crippen LogP contribution in [0.3, 0.4) is 0 Å². The first-order valence-corrected chi connectivity index (χ1v) is 6.02. The normalized spacial score (nSPS) is 24.0. The van der Waals surface area contributed by atoms with E-state index in [9.17, 15) is 27.5 Å². The molecule has 0 spiro atoms. The predicted molar refractivity (Wildman–Crippen MR) is 60.2 cm³/mol. The van der Waals surface area contributed by atoms with Crippen molar-refractivity contribution in [3.8, 4) is 0 Å². The summed E-state index contributed by atoms with van der Waals surface area (Å²) in [6.07, 6.45) is -5.96. The number of hydrogen-bond acceptors (Lipinski definition) is 3. The van der Waals surface area contributed by atoms with Crippen LogP contribution < -0.4 is 5.11 Å². The minimum Gasteiger partial charge on any atom is -0.548 e. The topological polar surface area (TPSA) is 43.4 Å². The Hall–Kier alpha value is -1.63. The maximum atomic E-state index is 13.2. The number of carbonyl (C=O) groups is 1. The molecule has 2 atom stereocenters. The van der Waals surface area contributed by atoms with E-state index in [1.165, 1.54) is 17.0 Å². The summed E-state index contributed by atoms with van der Waals surface area (Å²) in [6, 6.07) is 3.47. The average molecular weight is 290 g/mol. The molecule has 1 aromatic carbocycles. The number of hydrogen-bond donors (Lipinski definition) is 0. The lowest BCUT2D eigenvalue weighted by molar-refractivity contribution is -0.311. The van der Waals surface area contributed by atoms with Crippen molar-refractivity contribution in [3.05, 3.63) is 35.4 Å². The van der Waals surface area contributed by atoms with Gasteiger partial charge in [-0.05, 0) is 11.6 Å². The summed E-state index contributed by atoms with van der Waals surface area (Å²) in [6.45, 7) is -0.169. The Morgan fingerprint density at radius 3 is 2.70 bits per heavy atom. The third kappa shape index (κ3) is 3.27. The van der Waals surface area contributed by atoms with Gasteiger partial charge in [-0.1, -0.05) is 18.2 Å². The van der Waals surface area contributed by atoms with E-state index < -0.39 is 29.9 Å². The molecule has 3 nitrogen and oxygen atoms in total. The van der Waals surface area contributed by atoms with Gasteiger partial charge >= 0.3 is 6.18 Å². The smallest absolute Gasteiger partial charge is 0.416 e. The summed E-state index contributed by atoms with van der Waals surface area (Å²) >= 11 is 0. The minimum atomic E-state index is -4.46. The van der Waals surface area contributed by atoms with Crippen molar-refractivity contribution in [1.82, 2.24) is 4.90 Å². The molecule has 1 saturated heterocycles. The molecule has 0 radical (unpaired) electrons. The lowest BCUT2D eigenvalue weighted by atomic mass is 10.1. The fourth-order valence-electron chi connectivity index (χ4n) is 2.35. The molecule has 0 bridgehead atoms. The fraction of sp³-hybridized carbons (Fsp3) is 0.462. The number of carboxylic acids is 1. The monoisotopic (exact) mass is 290 g/mol. The number of halogens is 4. The molecule has 2 rings (SSSR count). The molecule has 0 saturated carbocycles. The molecule has 1 aliphatic rings. The molecular formula is C13H12F4NO2-. The maximum Gasteiger partial charge on any atom is 0.416 e. The second kappa shape index (κ2) is 5.40. The molecule has 0 amide bonds. The quantitative estimate of drug-likeness (QED) is 0.790. The third-order valence-corrected chi connectivity index (χ3v) is 3.26. The lowest BCUT2D eigenvalue weighted by Crippen LogP contribution is -2.44. The van der Waals surface area contributed by atoms with Crippen molar-refractivity contribution in [1.29, 1.82) is 0 Å². The molecule has 1 heterocycles. The van der Waals surface area contributed by atoms with Crippen LogP contribution in [0.2, 0.25) is 0 Å². The molecule has 0 aromatic heterocycles. The Kier molecular flexibility index (Phi) is 3.99. The van der Waals surface area contributed by atoms with Gasteiger partial charge in [0.25, 0.3) is 0 Å². The molecule has 1 fully saturated rings. The van der Waals surface area contributed by atoms with Crippen LogP contribution in [0.25, 0.3) is 0 Å². The van der Waals surface area contributed by atoms with E-state index in [2.05, 4.69) is 0 Å². The second-order valence-corrected chi connectivity index (χ2v) is 4.80. The first-order valence-electron chi connectivity index (χ1n) is 6.02. The average Bonchev–Trinajstić information content (AvgIpc) is 2.69. The van der Waals surface area contributed by atoms with E-state index >= 15 is 0 Å². The van der Waals surface area contributed by atoms with Crippen LogP contribution in [0.15, 0.2) is 24.3 Å². The summed E-state index contributed by atoms with van der Waals surface area (Å²) in [4.78, 5) is 12.2. The van der Waals surface area contributed by atoms with Crippen molar-refractivity contribution >= 4 is 5.97 Å². The van der Waals surface area contributed by atoms with E-state index in [0.717, 1.165) is 12.1 Å². The zero-order valence-corrected chi connectivity index (χ0v) is 10.4.